The topological polar surface area (TPSA) is 35.5 Å². The number of hydrogen-bond acceptors (Lipinski definition) is 3. The third kappa shape index (κ3) is 4.26. The highest BCUT2D eigenvalue weighted by Gasteiger charge is 2.21. The largest absolute Gasteiger partial charge is 0.490 e. The third-order valence-corrected chi connectivity index (χ3v) is 3.78. The molecule has 0 saturated heterocycles. The van der Waals surface area contributed by atoms with Crippen LogP contribution in [0.5, 0.6) is 11.5 Å². The minimum absolute atomic E-state index is 0.325. The van der Waals surface area contributed by atoms with Crippen molar-refractivity contribution in [2.45, 2.75) is 45.4 Å². The fraction of sp³-hybridized carbons (Fsp3) is 0.588. The van der Waals surface area contributed by atoms with Crippen molar-refractivity contribution in [3.05, 3.63) is 24.3 Å². The zero-order chi connectivity index (χ0) is 14.2. The molecule has 0 amide bonds. The Morgan fingerprint density at radius 3 is 2.45 bits per heavy atom. The van der Waals surface area contributed by atoms with Gasteiger partial charge < -0.3 is 9.47 Å². The van der Waals surface area contributed by atoms with Gasteiger partial charge in [-0.25, -0.2) is 0 Å². The summed E-state index contributed by atoms with van der Waals surface area (Å²) in [6, 6.07) is 7.68. The van der Waals surface area contributed by atoms with E-state index in [0.717, 1.165) is 30.8 Å². The summed E-state index contributed by atoms with van der Waals surface area (Å²) in [4.78, 5) is 11.9. The van der Waals surface area contributed by atoms with Crippen LogP contribution in [0.25, 0.3) is 0 Å². The molecular weight excluding hydrogens is 252 g/mol. The number of carbonyl (C=O) groups is 1. The Labute approximate surface area is 121 Å². The molecule has 0 heterocycles. The molecule has 1 aromatic rings. The van der Waals surface area contributed by atoms with Crippen LogP contribution in [0.1, 0.15) is 45.4 Å². The zero-order valence-electron chi connectivity index (χ0n) is 12.3. The number of rotatable bonds is 8. The van der Waals surface area contributed by atoms with Crippen molar-refractivity contribution in [2.75, 3.05) is 13.2 Å². The van der Waals surface area contributed by atoms with E-state index < -0.39 is 0 Å². The normalized spacial score (nSPS) is 15.2. The molecule has 0 spiro atoms. The summed E-state index contributed by atoms with van der Waals surface area (Å²) in [7, 11) is 0. The first kappa shape index (κ1) is 14.9. The van der Waals surface area contributed by atoms with Gasteiger partial charge >= 0.3 is 0 Å². The number of Topliss-reactive ketones (excluding diaryl/α,β-unsaturated/α-hetero) is 1. The quantitative estimate of drug-likeness (QED) is 0.673. The maximum Gasteiger partial charge on any atom is 0.161 e. The molecule has 20 heavy (non-hydrogen) atoms. The summed E-state index contributed by atoms with van der Waals surface area (Å²) in [6.45, 7) is 3.15. The van der Waals surface area contributed by atoms with Crippen LogP contribution in [0.3, 0.4) is 0 Å². The monoisotopic (exact) mass is 276 g/mol. The van der Waals surface area contributed by atoms with E-state index in [2.05, 4.69) is 0 Å². The Morgan fingerprint density at radius 1 is 1.15 bits per heavy atom. The molecule has 0 unspecified atom stereocenters. The van der Waals surface area contributed by atoms with Crippen molar-refractivity contribution in [1.82, 2.24) is 0 Å². The van der Waals surface area contributed by atoms with E-state index in [1.54, 1.807) is 0 Å². The highest BCUT2D eigenvalue weighted by Crippen LogP contribution is 2.28. The number of carbonyl (C=O) groups excluding carboxylic acids is 1. The van der Waals surface area contributed by atoms with Crippen LogP contribution in [0.15, 0.2) is 24.3 Å². The average molecular weight is 276 g/mol. The maximum atomic E-state index is 11.9. The van der Waals surface area contributed by atoms with Gasteiger partial charge in [-0.05, 0) is 38.3 Å². The van der Waals surface area contributed by atoms with E-state index in [0.29, 0.717) is 31.3 Å². The molecule has 110 valence electrons. The molecule has 0 bridgehead atoms. The summed E-state index contributed by atoms with van der Waals surface area (Å²) in [5.41, 5.74) is 0. The first-order valence-corrected chi connectivity index (χ1v) is 7.68. The van der Waals surface area contributed by atoms with E-state index in [1.165, 1.54) is 12.8 Å². The number of para-hydroxylation sites is 2. The molecule has 0 N–H and O–H groups in total. The Hall–Kier alpha value is -1.51. The van der Waals surface area contributed by atoms with Crippen LogP contribution >= 0.6 is 0 Å². The molecular formula is C17H24O3. The van der Waals surface area contributed by atoms with E-state index in [1.807, 2.05) is 31.2 Å². The Kier molecular flexibility index (Phi) is 5.90. The molecule has 2 rings (SSSR count). The van der Waals surface area contributed by atoms with Gasteiger partial charge in [0.2, 0.25) is 0 Å². The Morgan fingerprint density at radius 2 is 1.80 bits per heavy atom. The van der Waals surface area contributed by atoms with Gasteiger partial charge in [-0.3, -0.25) is 4.79 Å². The number of ketones is 1. The molecule has 0 radical (unpaired) electrons. The van der Waals surface area contributed by atoms with Gasteiger partial charge in [0.05, 0.1) is 13.2 Å². The van der Waals surface area contributed by atoms with Gasteiger partial charge in [-0.15, -0.1) is 0 Å². The number of ether oxygens (including phenoxy) is 2. The van der Waals surface area contributed by atoms with Crippen LogP contribution in [-0.2, 0) is 4.79 Å². The second kappa shape index (κ2) is 7.93. The molecule has 3 heteroatoms. The highest BCUT2D eigenvalue weighted by atomic mass is 16.5. The minimum atomic E-state index is 0.325. The van der Waals surface area contributed by atoms with E-state index in [9.17, 15) is 4.79 Å². The van der Waals surface area contributed by atoms with Gasteiger partial charge in [0.1, 0.15) is 5.78 Å². The highest BCUT2D eigenvalue weighted by molar-refractivity contribution is 5.81. The molecule has 1 aliphatic rings. The number of benzene rings is 1. The fourth-order valence-electron chi connectivity index (χ4n) is 2.72. The first-order valence-electron chi connectivity index (χ1n) is 7.68. The van der Waals surface area contributed by atoms with Crippen LogP contribution in [0.4, 0.5) is 0 Å². The smallest absolute Gasteiger partial charge is 0.161 e. The summed E-state index contributed by atoms with van der Waals surface area (Å²) < 4.78 is 11.2. The molecule has 1 aromatic carbocycles. The molecule has 1 saturated carbocycles. The second-order valence-electron chi connectivity index (χ2n) is 5.28. The van der Waals surface area contributed by atoms with Crippen molar-refractivity contribution in [2.24, 2.45) is 5.92 Å². The van der Waals surface area contributed by atoms with Gasteiger partial charge in [-0.2, -0.15) is 0 Å². The first-order chi connectivity index (χ1) is 9.81. The standard InChI is InChI=1S/C17H24O3/c1-2-19-16-11-5-6-12-17(16)20-13-7-10-15(18)14-8-3-4-9-14/h5-6,11-12,14H,2-4,7-10,13H2,1H3. The molecule has 0 atom stereocenters. The molecule has 1 fully saturated rings. The Bertz CT molecular complexity index is 422. The van der Waals surface area contributed by atoms with Crippen molar-refractivity contribution in [3.63, 3.8) is 0 Å². The van der Waals surface area contributed by atoms with Crippen molar-refractivity contribution in [1.29, 1.82) is 0 Å². The van der Waals surface area contributed by atoms with E-state index in [-0.39, 0.29) is 0 Å². The van der Waals surface area contributed by atoms with Crippen molar-refractivity contribution >= 4 is 5.78 Å². The van der Waals surface area contributed by atoms with E-state index in [4.69, 9.17) is 9.47 Å². The third-order valence-electron chi connectivity index (χ3n) is 3.78. The van der Waals surface area contributed by atoms with Crippen LogP contribution < -0.4 is 9.47 Å². The van der Waals surface area contributed by atoms with Crippen LogP contribution in [0, 0.1) is 5.92 Å². The van der Waals surface area contributed by atoms with Gasteiger partial charge in [0.15, 0.2) is 11.5 Å². The lowest BCUT2D eigenvalue weighted by Gasteiger charge is -2.12. The van der Waals surface area contributed by atoms with Crippen molar-refractivity contribution < 1.29 is 14.3 Å². The predicted molar refractivity (Wildman–Crippen MR) is 79.3 cm³/mol. The summed E-state index contributed by atoms with van der Waals surface area (Å²) >= 11 is 0. The summed E-state index contributed by atoms with van der Waals surface area (Å²) in [5.74, 6) is 2.29. The maximum absolute atomic E-state index is 11.9. The fourth-order valence-corrected chi connectivity index (χ4v) is 2.72. The lowest BCUT2D eigenvalue weighted by molar-refractivity contribution is -0.122. The lowest BCUT2D eigenvalue weighted by atomic mass is 9.99. The predicted octanol–water partition coefficient (Wildman–Crippen LogP) is 4.00. The molecule has 3 nitrogen and oxygen atoms in total. The molecule has 1 aliphatic carbocycles. The SMILES string of the molecule is CCOc1ccccc1OCCCC(=O)C1CCCC1. The summed E-state index contributed by atoms with van der Waals surface area (Å²) in [6.07, 6.45) is 6.04. The van der Waals surface area contributed by atoms with Gasteiger partial charge in [0, 0.05) is 12.3 Å². The molecule has 0 aliphatic heterocycles. The molecule has 0 aromatic heterocycles. The Balaban J connectivity index is 1.71. The average Bonchev–Trinajstić information content (AvgIpc) is 2.99. The van der Waals surface area contributed by atoms with Crippen LogP contribution in [-0.4, -0.2) is 19.0 Å². The van der Waals surface area contributed by atoms with E-state index >= 15 is 0 Å². The van der Waals surface area contributed by atoms with Gasteiger partial charge in [0.25, 0.3) is 0 Å². The van der Waals surface area contributed by atoms with Gasteiger partial charge in [-0.1, -0.05) is 25.0 Å². The van der Waals surface area contributed by atoms with Crippen molar-refractivity contribution in [3.8, 4) is 11.5 Å². The minimum Gasteiger partial charge on any atom is -0.490 e. The zero-order valence-corrected chi connectivity index (χ0v) is 12.3. The van der Waals surface area contributed by atoms with Crippen LogP contribution in [0.2, 0.25) is 0 Å². The summed E-state index contributed by atoms with van der Waals surface area (Å²) in [5, 5.41) is 0. The number of hydrogen-bond donors (Lipinski definition) is 0. The second-order valence-corrected chi connectivity index (χ2v) is 5.28. The lowest BCUT2D eigenvalue weighted by Crippen LogP contribution is -2.12.